The Morgan fingerprint density at radius 2 is 2.00 bits per heavy atom. The van der Waals surface area contributed by atoms with Gasteiger partial charge < -0.3 is 15.8 Å². The van der Waals surface area contributed by atoms with Crippen LogP contribution in [-0.4, -0.2) is 38.0 Å². The number of fused-ring (bicyclic) bond motifs is 1. The van der Waals surface area contributed by atoms with Crippen molar-refractivity contribution in [3.8, 4) is 18.0 Å². The summed E-state index contributed by atoms with van der Waals surface area (Å²) in [5.41, 5.74) is 9.32. The van der Waals surface area contributed by atoms with Crippen LogP contribution in [0.2, 0.25) is 0 Å². The molecule has 1 fully saturated rings. The second-order valence-electron chi connectivity index (χ2n) is 8.55. The quantitative estimate of drug-likeness (QED) is 0.181. The van der Waals surface area contributed by atoms with Gasteiger partial charge in [0.2, 0.25) is 0 Å². The highest BCUT2D eigenvalue weighted by atomic mass is 35.5. The molecular formula is C25H29ClN10O. The molecule has 3 heterocycles. The number of pyridine rings is 2. The van der Waals surface area contributed by atoms with E-state index >= 15 is 0 Å². The van der Waals surface area contributed by atoms with Gasteiger partial charge in [0.25, 0.3) is 0 Å². The molecule has 4 rings (SSSR count). The number of carbonyl (C=O) groups excluding carboxylic acids is 1. The van der Waals surface area contributed by atoms with Crippen LogP contribution < -0.4 is 21.9 Å². The SMILES string of the molecule is C[C@H](C#N)Nc1cc(-n2ncc3cc(C#N)cnc32)ncc1N(N)/C=C(\N)C1CCCCC1.O=CCCl. The van der Waals surface area contributed by atoms with Crippen molar-refractivity contribution in [3.05, 3.63) is 48.2 Å². The number of allylic oxidation sites excluding steroid dienone is 1. The Morgan fingerprint density at radius 3 is 2.65 bits per heavy atom. The number of nitriles is 2. The highest BCUT2D eigenvalue weighted by Gasteiger charge is 2.19. The molecule has 1 saturated carbocycles. The first kappa shape index (κ1) is 27.4. The van der Waals surface area contributed by atoms with Gasteiger partial charge in [0, 0.05) is 29.5 Å². The van der Waals surface area contributed by atoms with Gasteiger partial charge in [0.05, 0.1) is 41.3 Å². The van der Waals surface area contributed by atoms with Crippen LogP contribution in [0.5, 0.6) is 0 Å². The van der Waals surface area contributed by atoms with E-state index in [-0.39, 0.29) is 5.88 Å². The molecule has 0 saturated heterocycles. The first-order valence-corrected chi connectivity index (χ1v) is 12.4. The normalized spacial score (nSPS) is 14.6. The smallest absolute Gasteiger partial charge is 0.164 e. The zero-order valence-electron chi connectivity index (χ0n) is 20.5. The number of anilines is 2. The van der Waals surface area contributed by atoms with Gasteiger partial charge >= 0.3 is 0 Å². The van der Waals surface area contributed by atoms with E-state index < -0.39 is 6.04 Å². The zero-order chi connectivity index (χ0) is 26.8. The summed E-state index contributed by atoms with van der Waals surface area (Å²) in [4.78, 5) is 17.9. The van der Waals surface area contributed by atoms with Crippen molar-refractivity contribution < 1.29 is 4.79 Å². The van der Waals surface area contributed by atoms with Crippen LogP contribution in [0.3, 0.4) is 0 Å². The first-order chi connectivity index (χ1) is 17.9. The van der Waals surface area contributed by atoms with E-state index in [1.54, 1.807) is 42.3 Å². The molecule has 11 nitrogen and oxygen atoms in total. The number of carbonyl (C=O) groups is 1. The molecule has 0 bridgehead atoms. The number of hydrogen-bond donors (Lipinski definition) is 3. The maximum Gasteiger partial charge on any atom is 0.164 e. The number of halogens is 1. The Balaban J connectivity index is 0.000000886. The number of nitrogens with one attached hydrogen (secondary N) is 1. The van der Waals surface area contributed by atoms with E-state index in [4.69, 9.17) is 33.2 Å². The number of hydrazine groups is 1. The third-order valence-corrected chi connectivity index (χ3v) is 6.02. The fourth-order valence-corrected chi connectivity index (χ4v) is 4.06. The molecular weight excluding hydrogens is 492 g/mol. The number of nitrogens with two attached hydrogens (primary N) is 2. The van der Waals surface area contributed by atoms with Crippen molar-refractivity contribution in [2.45, 2.75) is 45.1 Å². The Labute approximate surface area is 220 Å². The lowest BCUT2D eigenvalue weighted by Crippen LogP contribution is -2.29. The molecule has 0 radical (unpaired) electrons. The molecule has 192 valence electrons. The number of rotatable bonds is 7. The van der Waals surface area contributed by atoms with Gasteiger partial charge in [-0.3, -0.25) is 5.01 Å². The van der Waals surface area contributed by atoms with Gasteiger partial charge in [-0.05, 0) is 31.7 Å². The number of nitrogens with zero attached hydrogens (tertiary/aromatic N) is 7. The molecule has 0 amide bonds. The van der Waals surface area contributed by atoms with Crippen LogP contribution in [0.15, 0.2) is 42.6 Å². The Morgan fingerprint density at radius 1 is 1.27 bits per heavy atom. The molecule has 5 N–H and O–H groups in total. The summed E-state index contributed by atoms with van der Waals surface area (Å²) in [5, 5.41) is 28.1. The largest absolute Gasteiger partial charge is 0.401 e. The minimum atomic E-state index is -0.460. The summed E-state index contributed by atoms with van der Waals surface area (Å²) in [6, 6.07) is 7.27. The Hall–Kier alpha value is -4.19. The summed E-state index contributed by atoms with van der Waals surface area (Å²) in [5.74, 6) is 7.29. The number of aldehydes is 1. The third kappa shape index (κ3) is 6.94. The predicted octanol–water partition coefficient (Wildman–Crippen LogP) is 3.50. The molecule has 3 aromatic heterocycles. The van der Waals surface area contributed by atoms with E-state index in [0.717, 1.165) is 23.9 Å². The number of aromatic nitrogens is 4. The molecule has 0 spiro atoms. The van der Waals surface area contributed by atoms with Crippen molar-refractivity contribution in [1.29, 1.82) is 10.5 Å². The molecule has 0 aromatic carbocycles. The maximum absolute atomic E-state index is 9.33. The summed E-state index contributed by atoms with van der Waals surface area (Å²) >= 11 is 4.82. The Kier molecular flexibility index (Phi) is 9.78. The van der Waals surface area contributed by atoms with Crippen LogP contribution in [0.4, 0.5) is 11.4 Å². The van der Waals surface area contributed by atoms with E-state index in [2.05, 4.69) is 32.5 Å². The average Bonchev–Trinajstić information content (AvgIpc) is 3.36. The van der Waals surface area contributed by atoms with Crippen molar-refractivity contribution in [3.63, 3.8) is 0 Å². The highest BCUT2D eigenvalue weighted by molar-refractivity contribution is 6.24. The average molecular weight is 521 g/mol. The summed E-state index contributed by atoms with van der Waals surface area (Å²) in [7, 11) is 0. The minimum absolute atomic E-state index is 0.111. The van der Waals surface area contributed by atoms with Crippen molar-refractivity contribution in [1.82, 2.24) is 19.7 Å². The lowest BCUT2D eigenvalue weighted by atomic mass is 9.87. The monoisotopic (exact) mass is 520 g/mol. The maximum atomic E-state index is 9.33. The molecule has 1 aliphatic rings. The summed E-state index contributed by atoms with van der Waals surface area (Å²) in [6.07, 6.45) is 12.8. The summed E-state index contributed by atoms with van der Waals surface area (Å²) < 4.78 is 1.58. The first-order valence-electron chi connectivity index (χ1n) is 11.8. The van der Waals surface area contributed by atoms with Crippen LogP contribution in [0, 0.1) is 28.6 Å². The lowest BCUT2D eigenvalue weighted by Gasteiger charge is -2.25. The third-order valence-electron chi connectivity index (χ3n) is 5.89. The van der Waals surface area contributed by atoms with Crippen LogP contribution in [0.1, 0.15) is 44.6 Å². The van der Waals surface area contributed by atoms with Crippen LogP contribution in [0.25, 0.3) is 16.9 Å². The van der Waals surface area contributed by atoms with Gasteiger partial charge in [0.1, 0.15) is 18.4 Å². The molecule has 1 atom stereocenters. The van der Waals surface area contributed by atoms with E-state index in [1.165, 1.54) is 30.5 Å². The fraction of sp³-hybridized carbons (Fsp3) is 0.360. The highest BCUT2D eigenvalue weighted by Crippen LogP contribution is 2.30. The van der Waals surface area contributed by atoms with Gasteiger partial charge in [-0.25, -0.2) is 15.8 Å². The second-order valence-corrected chi connectivity index (χ2v) is 8.86. The van der Waals surface area contributed by atoms with E-state index in [0.29, 0.717) is 40.6 Å². The van der Waals surface area contributed by atoms with Crippen molar-refractivity contribution in [2.75, 3.05) is 16.2 Å². The minimum Gasteiger partial charge on any atom is -0.401 e. The number of hydrogen-bond acceptors (Lipinski definition) is 10. The predicted molar refractivity (Wildman–Crippen MR) is 142 cm³/mol. The standard InChI is InChI=1S/C23H26N10.C2H3ClO/c1-15(9-24)31-20-8-22(33-23-18(12-30-33)7-16(10-25)11-29-23)28-13-21(20)32(27)14-19(26)17-5-3-2-4-6-17;3-1-2-4/h7-8,11-15,17H,2-6,26-27H2,1H3,(H,28,31);2H,1H2/b19-14-;/t15-;/m1./s1. The van der Waals surface area contributed by atoms with E-state index in [1.807, 2.05) is 0 Å². The topological polar surface area (TPSA) is 176 Å². The molecule has 0 unspecified atom stereocenters. The zero-order valence-corrected chi connectivity index (χ0v) is 21.3. The molecule has 12 heteroatoms. The number of alkyl halides is 1. The van der Waals surface area contributed by atoms with Crippen LogP contribution in [-0.2, 0) is 4.79 Å². The van der Waals surface area contributed by atoms with E-state index in [9.17, 15) is 5.26 Å². The molecule has 37 heavy (non-hydrogen) atoms. The summed E-state index contributed by atoms with van der Waals surface area (Å²) in [6.45, 7) is 1.76. The lowest BCUT2D eigenvalue weighted by molar-refractivity contribution is -0.105. The molecule has 1 aliphatic carbocycles. The van der Waals surface area contributed by atoms with Gasteiger partial charge in [-0.2, -0.15) is 20.3 Å². The van der Waals surface area contributed by atoms with Gasteiger partial charge in [-0.15, -0.1) is 11.6 Å². The van der Waals surface area contributed by atoms with Gasteiger partial charge in [-0.1, -0.05) is 19.3 Å². The van der Waals surface area contributed by atoms with Crippen molar-refractivity contribution in [2.24, 2.45) is 17.5 Å². The fourth-order valence-electron chi connectivity index (χ4n) is 4.06. The second kappa shape index (κ2) is 13.2. The van der Waals surface area contributed by atoms with Gasteiger partial charge in [0.15, 0.2) is 11.5 Å². The Bertz CT molecular complexity index is 1330. The molecule has 0 aliphatic heterocycles. The molecule has 3 aromatic rings. The van der Waals surface area contributed by atoms with Crippen LogP contribution >= 0.6 is 11.6 Å². The van der Waals surface area contributed by atoms with Crippen molar-refractivity contribution >= 4 is 40.3 Å².